The van der Waals surface area contributed by atoms with Gasteiger partial charge < -0.3 is 10.6 Å². The van der Waals surface area contributed by atoms with E-state index in [1.54, 1.807) is 0 Å². The zero-order valence-electron chi connectivity index (χ0n) is 10.6. The van der Waals surface area contributed by atoms with Gasteiger partial charge in [0, 0.05) is 26.1 Å². The molecule has 0 aromatic heterocycles. The molecule has 0 fully saturated rings. The van der Waals surface area contributed by atoms with E-state index in [1.807, 2.05) is 0 Å². The standard InChI is InChI=1S/C10H22N2O5S/c1-2-3-4-5-10(13)12-7-6-11-8-9-17-18(14,15)16/h11H,2-9H2,1H3,(H,12,13)(H,14,15,16). The fourth-order valence-electron chi connectivity index (χ4n) is 1.26. The molecule has 0 atom stereocenters. The molecule has 108 valence electrons. The van der Waals surface area contributed by atoms with Crippen molar-refractivity contribution < 1.29 is 21.9 Å². The molecule has 8 heteroatoms. The minimum atomic E-state index is -4.35. The summed E-state index contributed by atoms with van der Waals surface area (Å²) in [5.41, 5.74) is 0. The first-order valence-electron chi connectivity index (χ1n) is 6.05. The third-order valence-electron chi connectivity index (χ3n) is 2.14. The van der Waals surface area contributed by atoms with E-state index in [0.717, 1.165) is 19.3 Å². The highest BCUT2D eigenvalue weighted by Crippen LogP contribution is 1.97. The number of hydrogen-bond donors (Lipinski definition) is 3. The molecule has 1 amide bonds. The molecule has 0 aliphatic rings. The quantitative estimate of drug-likeness (QED) is 0.366. The van der Waals surface area contributed by atoms with Crippen molar-refractivity contribution in [3.05, 3.63) is 0 Å². The van der Waals surface area contributed by atoms with Crippen LogP contribution in [0.1, 0.15) is 32.6 Å². The Morgan fingerprint density at radius 3 is 2.56 bits per heavy atom. The Kier molecular flexibility index (Phi) is 9.85. The van der Waals surface area contributed by atoms with Gasteiger partial charge in [-0.3, -0.25) is 9.35 Å². The first-order valence-corrected chi connectivity index (χ1v) is 7.41. The number of rotatable bonds is 11. The van der Waals surface area contributed by atoms with Gasteiger partial charge in [-0.25, -0.2) is 4.18 Å². The van der Waals surface area contributed by atoms with Gasteiger partial charge in [0.05, 0.1) is 6.61 Å². The summed E-state index contributed by atoms with van der Waals surface area (Å²) in [7, 11) is -4.35. The number of hydrogen-bond acceptors (Lipinski definition) is 5. The van der Waals surface area contributed by atoms with Crippen LogP contribution in [-0.2, 0) is 19.4 Å². The molecule has 18 heavy (non-hydrogen) atoms. The van der Waals surface area contributed by atoms with E-state index in [4.69, 9.17) is 4.55 Å². The molecular formula is C10H22N2O5S. The average Bonchev–Trinajstić information content (AvgIpc) is 2.26. The summed E-state index contributed by atoms with van der Waals surface area (Å²) in [5, 5.41) is 5.60. The van der Waals surface area contributed by atoms with Gasteiger partial charge >= 0.3 is 10.4 Å². The predicted molar refractivity (Wildman–Crippen MR) is 67.5 cm³/mol. The van der Waals surface area contributed by atoms with Crippen LogP contribution in [0.2, 0.25) is 0 Å². The molecule has 0 spiro atoms. The van der Waals surface area contributed by atoms with Crippen molar-refractivity contribution in [2.75, 3.05) is 26.2 Å². The largest absolute Gasteiger partial charge is 0.397 e. The van der Waals surface area contributed by atoms with E-state index in [-0.39, 0.29) is 19.1 Å². The Hall–Kier alpha value is -0.700. The van der Waals surface area contributed by atoms with Crippen molar-refractivity contribution in [2.24, 2.45) is 0 Å². The van der Waals surface area contributed by atoms with Crippen LogP contribution in [0.25, 0.3) is 0 Å². The summed E-state index contributed by atoms with van der Waals surface area (Å²) in [6.07, 6.45) is 3.58. The van der Waals surface area contributed by atoms with Crippen molar-refractivity contribution in [1.29, 1.82) is 0 Å². The molecule has 0 aliphatic carbocycles. The highest BCUT2D eigenvalue weighted by atomic mass is 32.3. The van der Waals surface area contributed by atoms with E-state index in [9.17, 15) is 13.2 Å². The van der Waals surface area contributed by atoms with Gasteiger partial charge in [0.1, 0.15) is 0 Å². The Labute approximate surface area is 108 Å². The second kappa shape index (κ2) is 10.2. The molecule has 0 aliphatic heterocycles. The fourth-order valence-corrected chi connectivity index (χ4v) is 1.55. The number of amides is 1. The smallest absolute Gasteiger partial charge is 0.355 e. The van der Waals surface area contributed by atoms with Crippen molar-refractivity contribution in [3.8, 4) is 0 Å². The molecular weight excluding hydrogens is 260 g/mol. The molecule has 3 N–H and O–H groups in total. The highest BCUT2D eigenvalue weighted by Gasteiger charge is 2.02. The van der Waals surface area contributed by atoms with Crippen molar-refractivity contribution in [3.63, 3.8) is 0 Å². The van der Waals surface area contributed by atoms with Gasteiger partial charge in [0.2, 0.25) is 5.91 Å². The van der Waals surface area contributed by atoms with Crippen LogP contribution in [0.4, 0.5) is 0 Å². The zero-order chi connectivity index (χ0) is 13.9. The van der Waals surface area contributed by atoms with E-state index in [2.05, 4.69) is 21.7 Å². The zero-order valence-corrected chi connectivity index (χ0v) is 11.5. The van der Waals surface area contributed by atoms with Crippen molar-refractivity contribution in [1.82, 2.24) is 10.6 Å². The van der Waals surface area contributed by atoms with Gasteiger partial charge in [0.15, 0.2) is 0 Å². The summed E-state index contributed by atoms with van der Waals surface area (Å²) >= 11 is 0. The molecule has 0 saturated carbocycles. The first kappa shape index (κ1) is 17.3. The molecule has 0 aromatic carbocycles. The number of carbonyl (C=O) groups excluding carboxylic acids is 1. The Balaban J connectivity index is 3.27. The molecule has 0 aromatic rings. The summed E-state index contributed by atoms with van der Waals surface area (Å²) in [4.78, 5) is 11.3. The average molecular weight is 282 g/mol. The Morgan fingerprint density at radius 1 is 1.22 bits per heavy atom. The molecule has 0 heterocycles. The number of unbranched alkanes of at least 4 members (excludes halogenated alkanes) is 2. The second-order valence-corrected chi connectivity index (χ2v) is 4.90. The lowest BCUT2D eigenvalue weighted by Crippen LogP contribution is -2.33. The van der Waals surface area contributed by atoms with Crippen molar-refractivity contribution in [2.45, 2.75) is 32.6 Å². The van der Waals surface area contributed by atoms with Gasteiger partial charge in [-0.1, -0.05) is 19.8 Å². The highest BCUT2D eigenvalue weighted by molar-refractivity contribution is 7.80. The first-order chi connectivity index (χ1) is 8.45. The van der Waals surface area contributed by atoms with Crippen LogP contribution >= 0.6 is 0 Å². The van der Waals surface area contributed by atoms with E-state index in [1.165, 1.54) is 0 Å². The number of carbonyl (C=O) groups is 1. The second-order valence-electron chi connectivity index (χ2n) is 3.81. The van der Waals surface area contributed by atoms with Gasteiger partial charge in [0.25, 0.3) is 0 Å². The van der Waals surface area contributed by atoms with Crippen LogP contribution in [0.5, 0.6) is 0 Å². The normalized spacial score (nSPS) is 11.4. The molecule has 0 unspecified atom stereocenters. The van der Waals surface area contributed by atoms with Gasteiger partial charge in [-0.2, -0.15) is 8.42 Å². The monoisotopic (exact) mass is 282 g/mol. The molecule has 7 nitrogen and oxygen atoms in total. The summed E-state index contributed by atoms with van der Waals surface area (Å²) in [6, 6.07) is 0. The van der Waals surface area contributed by atoms with Crippen LogP contribution in [0.15, 0.2) is 0 Å². The Bertz CT molecular complexity index is 318. The third kappa shape index (κ3) is 13.4. The van der Waals surface area contributed by atoms with Crippen LogP contribution in [0, 0.1) is 0 Å². The SMILES string of the molecule is CCCCCC(=O)NCCNCCOS(=O)(=O)O. The van der Waals surface area contributed by atoms with Crippen molar-refractivity contribution >= 4 is 16.3 Å². The van der Waals surface area contributed by atoms with Gasteiger partial charge in [-0.05, 0) is 6.42 Å². The van der Waals surface area contributed by atoms with E-state index in [0.29, 0.717) is 19.5 Å². The lowest BCUT2D eigenvalue weighted by atomic mass is 10.2. The lowest BCUT2D eigenvalue weighted by molar-refractivity contribution is -0.121. The third-order valence-corrected chi connectivity index (χ3v) is 2.61. The number of nitrogens with one attached hydrogen (secondary N) is 2. The molecule has 0 saturated heterocycles. The maximum Gasteiger partial charge on any atom is 0.397 e. The maximum atomic E-state index is 11.3. The Morgan fingerprint density at radius 2 is 1.94 bits per heavy atom. The van der Waals surface area contributed by atoms with Crippen LogP contribution in [-0.4, -0.2) is 45.1 Å². The lowest BCUT2D eigenvalue weighted by Gasteiger charge is -2.06. The van der Waals surface area contributed by atoms with E-state index >= 15 is 0 Å². The van der Waals surface area contributed by atoms with E-state index < -0.39 is 10.4 Å². The molecule has 0 radical (unpaired) electrons. The minimum absolute atomic E-state index is 0.0273. The topological polar surface area (TPSA) is 105 Å². The molecule has 0 bridgehead atoms. The summed E-state index contributed by atoms with van der Waals surface area (Å²) in [5.74, 6) is 0.0273. The maximum absolute atomic E-state index is 11.3. The predicted octanol–water partition coefficient (Wildman–Crippen LogP) is 0.0919. The van der Waals surface area contributed by atoms with Crippen LogP contribution in [0.3, 0.4) is 0 Å². The fraction of sp³-hybridized carbons (Fsp3) is 0.900. The summed E-state index contributed by atoms with van der Waals surface area (Å²) in [6.45, 7) is 3.23. The van der Waals surface area contributed by atoms with Gasteiger partial charge in [-0.15, -0.1) is 0 Å². The van der Waals surface area contributed by atoms with Crippen LogP contribution < -0.4 is 10.6 Å². The minimum Gasteiger partial charge on any atom is -0.355 e. The summed E-state index contributed by atoms with van der Waals surface area (Å²) < 4.78 is 32.7. The molecule has 0 rings (SSSR count).